The maximum atomic E-state index is 13.0. The first-order chi connectivity index (χ1) is 14.0. The van der Waals surface area contributed by atoms with Crippen LogP contribution in [0.25, 0.3) is 0 Å². The van der Waals surface area contributed by atoms with Crippen molar-refractivity contribution in [3.05, 3.63) is 63.6 Å². The second kappa shape index (κ2) is 8.64. The number of likely N-dealkylation sites (tertiary alicyclic amines) is 1. The van der Waals surface area contributed by atoms with E-state index in [1.165, 1.54) is 0 Å². The fraction of sp³-hybridized carbons (Fsp3) is 0.364. The van der Waals surface area contributed by atoms with Crippen LogP contribution >= 0.6 is 23.2 Å². The lowest BCUT2D eigenvalue weighted by molar-refractivity contribution is -0.125. The van der Waals surface area contributed by atoms with Gasteiger partial charge in [-0.1, -0.05) is 41.4 Å². The second-order valence-corrected chi connectivity index (χ2v) is 8.36. The number of ether oxygens (including phenoxy) is 1. The largest absolute Gasteiger partial charge is 0.493 e. The van der Waals surface area contributed by atoms with Crippen LogP contribution in [0.15, 0.2) is 42.5 Å². The molecule has 0 aliphatic carbocycles. The van der Waals surface area contributed by atoms with Crippen LogP contribution in [0, 0.1) is 5.92 Å². The van der Waals surface area contributed by atoms with Gasteiger partial charge in [0.1, 0.15) is 11.8 Å². The van der Waals surface area contributed by atoms with Crippen LogP contribution in [-0.2, 0) is 11.2 Å². The molecule has 152 valence electrons. The number of carbonyl (C=O) groups is 2. The molecule has 2 amide bonds. The zero-order valence-corrected chi connectivity index (χ0v) is 17.4. The Morgan fingerprint density at radius 3 is 2.86 bits per heavy atom. The summed E-state index contributed by atoms with van der Waals surface area (Å²) in [5.41, 5.74) is 1.49. The molecular formula is C22H22Cl2N2O3. The number of para-hydroxylation sites is 1. The minimum absolute atomic E-state index is 0.132. The summed E-state index contributed by atoms with van der Waals surface area (Å²) >= 11 is 12.2. The standard InChI is InChI=1S/C22H22Cl2N2O3/c23-16-7-8-18(24)17(11-16)22(28)26-9-3-5-19(26)21(27)25-12-14-10-15-4-1-2-6-20(15)29-13-14/h1-2,4,6-8,11,14,19H,3,5,9-10,12-13H2,(H,25,27). The SMILES string of the molecule is O=C(NCC1COc2ccccc2C1)C1CCCN1C(=O)c1cc(Cl)ccc1Cl. The van der Waals surface area contributed by atoms with Crippen LogP contribution in [0.5, 0.6) is 5.75 Å². The Hall–Kier alpha value is -2.24. The summed E-state index contributed by atoms with van der Waals surface area (Å²) in [4.78, 5) is 27.4. The minimum Gasteiger partial charge on any atom is -0.493 e. The lowest BCUT2D eigenvalue weighted by Crippen LogP contribution is -2.47. The minimum atomic E-state index is -0.491. The van der Waals surface area contributed by atoms with Gasteiger partial charge in [0.25, 0.3) is 5.91 Å². The number of amides is 2. The van der Waals surface area contributed by atoms with Crippen molar-refractivity contribution in [2.24, 2.45) is 5.92 Å². The molecule has 2 aliphatic heterocycles. The van der Waals surface area contributed by atoms with Gasteiger partial charge in [-0.15, -0.1) is 0 Å². The highest BCUT2D eigenvalue weighted by atomic mass is 35.5. The molecular weight excluding hydrogens is 411 g/mol. The van der Waals surface area contributed by atoms with Crippen molar-refractivity contribution in [1.82, 2.24) is 10.2 Å². The van der Waals surface area contributed by atoms with Crippen LogP contribution in [-0.4, -0.2) is 42.5 Å². The molecule has 0 bridgehead atoms. The molecule has 0 aromatic heterocycles. The first kappa shape index (κ1) is 20.0. The van der Waals surface area contributed by atoms with Gasteiger partial charge in [0, 0.05) is 24.0 Å². The topological polar surface area (TPSA) is 58.6 Å². The predicted molar refractivity (Wildman–Crippen MR) is 113 cm³/mol. The van der Waals surface area contributed by atoms with Crippen LogP contribution in [0.2, 0.25) is 10.0 Å². The zero-order chi connectivity index (χ0) is 20.4. The van der Waals surface area contributed by atoms with Crippen molar-refractivity contribution in [3.63, 3.8) is 0 Å². The second-order valence-electron chi connectivity index (χ2n) is 7.51. The number of hydrogen-bond acceptors (Lipinski definition) is 3. The van der Waals surface area contributed by atoms with E-state index in [2.05, 4.69) is 11.4 Å². The predicted octanol–water partition coefficient (Wildman–Crippen LogP) is 3.97. The lowest BCUT2D eigenvalue weighted by atomic mass is 9.96. The maximum Gasteiger partial charge on any atom is 0.256 e. The Balaban J connectivity index is 1.38. The van der Waals surface area contributed by atoms with Gasteiger partial charge in [0.05, 0.1) is 17.2 Å². The number of nitrogens with zero attached hydrogens (tertiary/aromatic N) is 1. The van der Waals surface area contributed by atoms with E-state index in [4.69, 9.17) is 27.9 Å². The van der Waals surface area contributed by atoms with Crippen molar-refractivity contribution < 1.29 is 14.3 Å². The third-order valence-electron chi connectivity index (χ3n) is 5.50. The van der Waals surface area contributed by atoms with Crippen LogP contribution < -0.4 is 10.1 Å². The third-order valence-corrected chi connectivity index (χ3v) is 6.06. The highest BCUT2D eigenvalue weighted by Crippen LogP contribution is 2.28. The molecule has 0 spiro atoms. The highest BCUT2D eigenvalue weighted by Gasteiger charge is 2.35. The van der Waals surface area contributed by atoms with Crippen LogP contribution in [0.3, 0.4) is 0 Å². The molecule has 0 saturated carbocycles. The smallest absolute Gasteiger partial charge is 0.256 e. The summed E-state index contributed by atoms with van der Waals surface area (Å²) < 4.78 is 5.79. The van der Waals surface area contributed by atoms with Gasteiger partial charge in [-0.2, -0.15) is 0 Å². The van der Waals surface area contributed by atoms with E-state index in [0.29, 0.717) is 41.7 Å². The number of fused-ring (bicyclic) bond motifs is 1. The van der Waals surface area contributed by atoms with E-state index < -0.39 is 6.04 Å². The fourth-order valence-corrected chi connectivity index (χ4v) is 4.35. The quantitative estimate of drug-likeness (QED) is 0.794. The number of nitrogens with one attached hydrogen (secondary N) is 1. The average Bonchev–Trinajstić information content (AvgIpc) is 3.23. The third kappa shape index (κ3) is 4.36. The summed E-state index contributed by atoms with van der Waals surface area (Å²) in [5, 5.41) is 3.79. The van der Waals surface area contributed by atoms with Crippen molar-refractivity contribution >= 4 is 35.0 Å². The Labute approximate surface area is 179 Å². The molecule has 5 nitrogen and oxygen atoms in total. The molecule has 1 N–H and O–H groups in total. The van der Waals surface area contributed by atoms with Crippen molar-refractivity contribution in [2.75, 3.05) is 19.7 Å². The number of rotatable bonds is 4. The maximum absolute atomic E-state index is 13.0. The number of hydrogen-bond donors (Lipinski definition) is 1. The van der Waals surface area contributed by atoms with Crippen molar-refractivity contribution in [1.29, 1.82) is 0 Å². The van der Waals surface area contributed by atoms with Gasteiger partial charge in [0.2, 0.25) is 5.91 Å². The van der Waals surface area contributed by atoms with Crippen molar-refractivity contribution in [3.8, 4) is 5.75 Å². The molecule has 2 atom stereocenters. The van der Waals surface area contributed by atoms with Crippen LogP contribution in [0.4, 0.5) is 0 Å². The highest BCUT2D eigenvalue weighted by molar-refractivity contribution is 6.35. The molecule has 29 heavy (non-hydrogen) atoms. The molecule has 2 aromatic rings. The summed E-state index contributed by atoms with van der Waals surface area (Å²) in [6, 6.07) is 12.3. The van der Waals surface area contributed by atoms with E-state index >= 15 is 0 Å². The van der Waals surface area contributed by atoms with Gasteiger partial charge < -0.3 is 15.0 Å². The summed E-state index contributed by atoms with van der Waals surface area (Å²) in [6.07, 6.45) is 2.28. The number of benzene rings is 2. The first-order valence-electron chi connectivity index (χ1n) is 9.77. The monoisotopic (exact) mass is 432 g/mol. The zero-order valence-electron chi connectivity index (χ0n) is 15.9. The Kier molecular flexibility index (Phi) is 5.97. The average molecular weight is 433 g/mol. The van der Waals surface area contributed by atoms with Gasteiger partial charge >= 0.3 is 0 Å². The van der Waals surface area contributed by atoms with Crippen molar-refractivity contribution in [2.45, 2.75) is 25.3 Å². The van der Waals surface area contributed by atoms with E-state index in [1.807, 2.05) is 18.2 Å². The molecule has 0 radical (unpaired) electrons. The summed E-state index contributed by atoms with van der Waals surface area (Å²) in [7, 11) is 0. The normalized spacial score (nSPS) is 20.7. The summed E-state index contributed by atoms with van der Waals surface area (Å²) in [5.74, 6) is 0.737. The Morgan fingerprint density at radius 1 is 1.17 bits per heavy atom. The molecule has 1 saturated heterocycles. The molecule has 7 heteroatoms. The number of carbonyl (C=O) groups excluding carboxylic acids is 2. The van der Waals surface area contributed by atoms with Gasteiger partial charge in [-0.05, 0) is 49.1 Å². The van der Waals surface area contributed by atoms with E-state index in [1.54, 1.807) is 23.1 Å². The molecule has 2 aliphatic rings. The van der Waals surface area contributed by atoms with Crippen LogP contribution in [0.1, 0.15) is 28.8 Å². The number of halogens is 2. The first-order valence-corrected chi connectivity index (χ1v) is 10.5. The van der Waals surface area contributed by atoms with Gasteiger partial charge in [-0.3, -0.25) is 9.59 Å². The molecule has 2 aromatic carbocycles. The molecule has 2 unspecified atom stereocenters. The molecule has 4 rings (SSSR count). The van der Waals surface area contributed by atoms with Gasteiger partial charge in [-0.25, -0.2) is 0 Å². The summed E-state index contributed by atoms with van der Waals surface area (Å²) in [6.45, 7) is 1.62. The van der Waals surface area contributed by atoms with Gasteiger partial charge in [0.15, 0.2) is 0 Å². The fourth-order valence-electron chi connectivity index (χ4n) is 3.98. The van der Waals surface area contributed by atoms with E-state index in [9.17, 15) is 9.59 Å². The van der Waals surface area contributed by atoms with E-state index in [-0.39, 0.29) is 17.7 Å². The Morgan fingerprint density at radius 2 is 2.00 bits per heavy atom. The van der Waals surface area contributed by atoms with E-state index in [0.717, 1.165) is 24.2 Å². The lowest BCUT2D eigenvalue weighted by Gasteiger charge is -2.28. The molecule has 2 heterocycles. The molecule has 1 fully saturated rings. The Bertz CT molecular complexity index is 934.